The highest BCUT2D eigenvalue weighted by Gasteiger charge is 2.07. The SMILES string of the molecule is CCC(=O)Nc1ccc(C(=O)NNC(=O)/C=C/c2ccccc2Cl)cc1. The lowest BCUT2D eigenvalue weighted by Gasteiger charge is -2.07. The number of carbonyl (C=O) groups excluding carboxylic acids is 3. The summed E-state index contributed by atoms with van der Waals surface area (Å²) in [5, 5.41) is 3.21. The van der Waals surface area contributed by atoms with Crippen molar-refractivity contribution in [1.82, 2.24) is 10.9 Å². The van der Waals surface area contributed by atoms with Gasteiger partial charge in [0.1, 0.15) is 0 Å². The van der Waals surface area contributed by atoms with Gasteiger partial charge in [0.05, 0.1) is 0 Å². The van der Waals surface area contributed by atoms with Gasteiger partial charge in [0.25, 0.3) is 11.8 Å². The first-order valence-electron chi connectivity index (χ1n) is 7.92. The largest absolute Gasteiger partial charge is 0.326 e. The minimum Gasteiger partial charge on any atom is -0.326 e. The molecule has 0 saturated heterocycles. The van der Waals surface area contributed by atoms with Crippen molar-refractivity contribution in [2.75, 3.05) is 5.32 Å². The van der Waals surface area contributed by atoms with Crippen LogP contribution >= 0.6 is 11.6 Å². The van der Waals surface area contributed by atoms with Crippen molar-refractivity contribution in [3.05, 3.63) is 70.8 Å². The molecule has 134 valence electrons. The zero-order valence-corrected chi connectivity index (χ0v) is 14.8. The van der Waals surface area contributed by atoms with E-state index in [0.29, 0.717) is 28.3 Å². The first kappa shape index (κ1) is 19.2. The van der Waals surface area contributed by atoms with Crippen LogP contribution in [0.2, 0.25) is 5.02 Å². The number of anilines is 1. The number of nitrogens with one attached hydrogen (secondary N) is 3. The molecule has 6 nitrogen and oxygen atoms in total. The number of rotatable bonds is 5. The summed E-state index contributed by atoms with van der Waals surface area (Å²) in [6.45, 7) is 1.75. The molecule has 0 spiro atoms. The average Bonchev–Trinajstić information content (AvgIpc) is 2.66. The van der Waals surface area contributed by atoms with Gasteiger partial charge in [-0.05, 0) is 42.0 Å². The molecule has 0 aromatic heterocycles. The minimum atomic E-state index is -0.495. The molecule has 2 aromatic carbocycles. The molecule has 26 heavy (non-hydrogen) atoms. The Labute approximate surface area is 156 Å². The Hall–Kier alpha value is -3.12. The average molecular weight is 372 g/mol. The molecule has 2 rings (SSSR count). The molecule has 0 atom stereocenters. The summed E-state index contributed by atoms with van der Waals surface area (Å²) >= 11 is 5.99. The van der Waals surface area contributed by atoms with Crippen molar-refractivity contribution in [3.8, 4) is 0 Å². The van der Waals surface area contributed by atoms with Crippen LogP contribution in [0.25, 0.3) is 6.08 Å². The van der Waals surface area contributed by atoms with Crippen LogP contribution in [-0.4, -0.2) is 17.7 Å². The van der Waals surface area contributed by atoms with E-state index in [1.54, 1.807) is 61.5 Å². The number of carbonyl (C=O) groups is 3. The third-order valence-corrected chi connectivity index (χ3v) is 3.71. The monoisotopic (exact) mass is 371 g/mol. The van der Waals surface area contributed by atoms with Crippen LogP contribution in [0, 0.1) is 0 Å². The lowest BCUT2D eigenvalue weighted by molar-refractivity contribution is -0.117. The molecule has 0 aliphatic heterocycles. The third-order valence-electron chi connectivity index (χ3n) is 3.37. The van der Waals surface area contributed by atoms with Crippen LogP contribution in [-0.2, 0) is 9.59 Å². The topological polar surface area (TPSA) is 87.3 Å². The molecule has 3 N–H and O–H groups in total. The van der Waals surface area contributed by atoms with Crippen molar-refractivity contribution >= 4 is 41.1 Å². The molecule has 0 aliphatic rings. The van der Waals surface area contributed by atoms with E-state index in [9.17, 15) is 14.4 Å². The highest BCUT2D eigenvalue weighted by atomic mass is 35.5. The molecule has 2 aromatic rings. The van der Waals surface area contributed by atoms with Crippen molar-refractivity contribution < 1.29 is 14.4 Å². The second kappa shape index (κ2) is 9.39. The van der Waals surface area contributed by atoms with Crippen LogP contribution in [0.5, 0.6) is 0 Å². The number of hydrogen-bond acceptors (Lipinski definition) is 3. The molecule has 0 aliphatic carbocycles. The third kappa shape index (κ3) is 5.75. The van der Waals surface area contributed by atoms with Gasteiger partial charge in [0.2, 0.25) is 5.91 Å². The number of halogens is 1. The maximum Gasteiger partial charge on any atom is 0.269 e. The number of amides is 3. The first-order valence-corrected chi connectivity index (χ1v) is 8.30. The minimum absolute atomic E-state index is 0.111. The van der Waals surface area contributed by atoms with Gasteiger partial charge in [0, 0.05) is 28.8 Å². The van der Waals surface area contributed by atoms with E-state index in [1.807, 2.05) is 0 Å². The highest BCUT2D eigenvalue weighted by molar-refractivity contribution is 6.32. The van der Waals surface area contributed by atoms with Gasteiger partial charge in [0.15, 0.2) is 0 Å². The molecule has 0 bridgehead atoms. The fraction of sp³-hybridized carbons (Fsp3) is 0.105. The lowest BCUT2D eigenvalue weighted by Crippen LogP contribution is -2.40. The fourth-order valence-corrected chi connectivity index (χ4v) is 2.16. The maximum absolute atomic E-state index is 12.0. The van der Waals surface area contributed by atoms with Gasteiger partial charge in [-0.1, -0.05) is 36.7 Å². The van der Waals surface area contributed by atoms with Gasteiger partial charge in [-0.15, -0.1) is 0 Å². The molecule has 0 fully saturated rings. The summed E-state index contributed by atoms with van der Waals surface area (Å²) in [6.07, 6.45) is 3.19. The standard InChI is InChI=1S/C19H18ClN3O3/c1-2-17(24)21-15-10-7-14(8-11-15)19(26)23-22-18(25)12-9-13-5-3-4-6-16(13)20/h3-12H,2H2,1H3,(H,21,24)(H,22,25)(H,23,26)/b12-9+. The summed E-state index contributed by atoms with van der Waals surface area (Å²) in [5.41, 5.74) is 6.23. The van der Waals surface area contributed by atoms with Crippen LogP contribution in [0.3, 0.4) is 0 Å². The molecule has 0 unspecified atom stereocenters. The van der Waals surface area contributed by atoms with Crippen molar-refractivity contribution in [3.63, 3.8) is 0 Å². The normalized spacial score (nSPS) is 10.4. The van der Waals surface area contributed by atoms with Crippen molar-refractivity contribution in [2.45, 2.75) is 13.3 Å². The van der Waals surface area contributed by atoms with E-state index < -0.39 is 11.8 Å². The maximum atomic E-state index is 12.0. The molecular weight excluding hydrogens is 354 g/mol. The molecule has 3 amide bonds. The second-order valence-electron chi connectivity index (χ2n) is 5.28. The molecule has 0 saturated carbocycles. The van der Waals surface area contributed by atoms with Crippen LogP contribution in [0.15, 0.2) is 54.6 Å². The smallest absolute Gasteiger partial charge is 0.269 e. The molecule has 0 radical (unpaired) electrons. The number of hydrazine groups is 1. The Bertz CT molecular complexity index is 832. The second-order valence-corrected chi connectivity index (χ2v) is 5.68. The fourth-order valence-electron chi connectivity index (χ4n) is 1.96. The van der Waals surface area contributed by atoms with Crippen LogP contribution in [0.1, 0.15) is 29.3 Å². The Morgan fingerprint density at radius 3 is 2.35 bits per heavy atom. The van der Waals surface area contributed by atoms with E-state index in [2.05, 4.69) is 16.2 Å². The summed E-state index contributed by atoms with van der Waals surface area (Å²) < 4.78 is 0. The van der Waals surface area contributed by atoms with Gasteiger partial charge >= 0.3 is 0 Å². The Kier molecular flexibility index (Phi) is 6.93. The number of hydrogen-bond donors (Lipinski definition) is 3. The first-order chi connectivity index (χ1) is 12.5. The van der Waals surface area contributed by atoms with Crippen molar-refractivity contribution in [2.24, 2.45) is 0 Å². The van der Waals surface area contributed by atoms with Gasteiger partial charge in [-0.2, -0.15) is 0 Å². The Morgan fingerprint density at radius 1 is 1.00 bits per heavy atom. The van der Waals surface area contributed by atoms with E-state index in [4.69, 9.17) is 11.6 Å². The predicted molar refractivity (Wildman–Crippen MR) is 101 cm³/mol. The summed E-state index contributed by atoms with van der Waals surface area (Å²) in [6, 6.07) is 13.4. The zero-order valence-electron chi connectivity index (χ0n) is 14.1. The predicted octanol–water partition coefficient (Wildman–Crippen LogP) is 3.16. The van der Waals surface area contributed by atoms with Gasteiger partial charge in [-0.3, -0.25) is 25.2 Å². The van der Waals surface area contributed by atoms with E-state index in [1.165, 1.54) is 6.08 Å². The Morgan fingerprint density at radius 2 is 1.69 bits per heavy atom. The van der Waals surface area contributed by atoms with Crippen LogP contribution < -0.4 is 16.2 Å². The Balaban J connectivity index is 1.87. The van der Waals surface area contributed by atoms with E-state index in [0.717, 1.165) is 0 Å². The quantitative estimate of drug-likeness (QED) is 0.557. The molecular formula is C19H18ClN3O3. The van der Waals surface area contributed by atoms with Crippen molar-refractivity contribution in [1.29, 1.82) is 0 Å². The van der Waals surface area contributed by atoms with Gasteiger partial charge < -0.3 is 5.32 Å². The van der Waals surface area contributed by atoms with E-state index in [-0.39, 0.29) is 5.91 Å². The summed E-state index contributed by atoms with van der Waals surface area (Å²) in [7, 11) is 0. The van der Waals surface area contributed by atoms with E-state index >= 15 is 0 Å². The molecule has 0 heterocycles. The lowest BCUT2D eigenvalue weighted by atomic mass is 10.2. The summed E-state index contributed by atoms with van der Waals surface area (Å²) in [5.74, 6) is -1.08. The van der Waals surface area contributed by atoms with Gasteiger partial charge in [-0.25, -0.2) is 0 Å². The summed E-state index contributed by atoms with van der Waals surface area (Å²) in [4.78, 5) is 35.1. The highest BCUT2D eigenvalue weighted by Crippen LogP contribution is 2.16. The van der Waals surface area contributed by atoms with Crippen LogP contribution in [0.4, 0.5) is 5.69 Å². The number of benzene rings is 2. The zero-order chi connectivity index (χ0) is 18.9. The molecule has 7 heteroatoms.